The van der Waals surface area contributed by atoms with Crippen molar-refractivity contribution in [3.8, 4) is 0 Å². The van der Waals surface area contributed by atoms with Gasteiger partial charge in [-0.2, -0.15) is 0 Å². The molecule has 2 saturated carbocycles. The maximum atomic E-state index is 2.44. The largest absolute Gasteiger partial charge is 0.328 e. The van der Waals surface area contributed by atoms with Gasteiger partial charge in [0.2, 0.25) is 0 Å². The minimum Gasteiger partial charge on any atom is -0.328 e. The monoisotopic (exact) mass is 310 g/mol. The van der Waals surface area contributed by atoms with E-state index in [2.05, 4.69) is 14.1 Å². The average Bonchev–Trinajstić information content (AvgIpc) is 2.51. The highest BCUT2D eigenvalue weighted by molar-refractivity contribution is 7.60. The molecule has 0 aromatic heterocycles. The molecule has 2 heteroatoms. The van der Waals surface area contributed by atoms with E-state index in [1.807, 2.05) is 0 Å². The van der Waals surface area contributed by atoms with Gasteiger partial charge >= 0.3 is 0 Å². The third kappa shape index (κ3) is 4.23. The molecule has 0 atom stereocenters. The fourth-order valence-corrected chi connectivity index (χ4v) is 9.74. The zero-order valence-corrected chi connectivity index (χ0v) is 15.4. The lowest BCUT2D eigenvalue weighted by Crippen LogP contribution is -2.48. The fraction of sp³-hybridized carbons (Fsp3) is 1.00. The quantitative estimate of drug-likeness (QED) is 0.485. The van der Waals surface area contributed by atoms with Crippen LogP contribution in [0.4, 0.5) is 0 Å². The van der Waals surface area contributed by atoms with Gasteiger partial charge in [-0.3, -0.25) is 0 Å². The molecule has 122 valence electrons. The Morgan fingerprint density at radius 2 is 0.952 bits per heavy atom. The summed E-state index contributed by atoms with van der Waals surface area (Å²) in [5.74, 6) is 0. The molecule has 0 radical (unpaired) electrons. The summed E-state index contributed by atoms with van der Waals surface area (Å²) in [7, 11) is 5.22. The lowest BCUT2D eigenvalue weighted by Gasteiger charge is -2.47. The summed E-state index contributed by atoms with van der Waals surface area (Å²) in [5, 5.41) is 0. The summed E-state index contributed by atoms with van der Waals surface area (Å²) in [5.41, 5.74) is 3.46. The Balaban J connectivity index is 1.68. The third-order valence-corrected chi connectivity index (χ3v) is 10.6. The first kappa shape index (κ1) is 16.3. The highest BCUT2D eigenvalue weighted by Crippen LogP contribution is 2.61. The highest BCUT2D eigenvalue weighted by Gasteiger charge is 2.39. The Morgan fingerprint density at radius 1 is 0.571 bits per heavy atom. The van der Waals surface area contributed by atoms with Crippen molar-refractivity contribution in [3.63, 3.8) is 0 Å². The van der Waals surface area contributed by atoms with Gasteiger partial charge in [0.1, 0.15) is 0 Å². The standard InChI is InChI=1S/C19H37NP/c1-20(2)15-13-19(14-16-20)21(17-9-5-3-6-10-17)18-11-7-4-8-12-18/h17-19H,3-16H2,1-2H3/q+1. The number of hydrogen-bond donors (Lipinski definition) is 0. The second-order valence-electron chi connectivity index (χ2n) is 8.65. The molecule has 1 saturated heterocycles. The normalized spacial score (nSPS) is 29.9. The predicted octanol–water partition coefficient (Wildman–Crippen LogP) is 5.37. The van der Waals surface area contributed by atoms with E-state index in [4.69, 9.17) is 0 Å². The molecule has 3 fully saturated rings. The summed E-state index contributed by atoms with van der Waals surface area (Å²) < 4.78 is 1.29. The van der Waals surface area contributed by atoms with Gasteiger partial charge in [0.05, 0.1) is 27.2 Å². The van der Waals surface area contributed by atoms with Crippen LogP contribution in [-0.2, 0) is 0 Å². The SMILES string of the molecule is C[N+]1(C)CCC(P(C2CCCCC2)C2CCCCC2)CC1. The van der Waals surface area contributed by atoms with Gasteiger partial charge in [0.15, 0.2) is 0 Å². The van der Waals surface area contributed by atoms with Crippen molar-refractivity contribution in [1.29, 1.82) is 0 Å². The molecule has 0 aromatic rings. The van der Waals surface area contributed by atoms with E-state index in [1.165, 1.54) is 30.4 Å². The molecule has 0 aromatic carbocycles. The molecule has 1 nitrogen and oxygen atoms in total. The smallest absolute Gasteiger partial charge is 0.0788 e. The van der Waals surface area contributed by atoms with Crippen LogP contribution < -0.4 is 0 Å². The van der Waals surface area contributed by atoms with E-state index < -0.39 is 0 Å². The first-order valence-electron chi connectivity index (χ1n) is 9.75. The van der Waals surface area contributed by atoms with E-state index >= 15 is 0 Å². The number of quaternary nitrogens is 1. The number of nitrogens with zero attached hydrogens (tertiary/aromatic N) is 1. The maximum Gasteiger partial charge on any atom is 0.0788 e. The molecule has 0 unspecified atom stereocenters. The first-order chi connectivity index (χ1) is 10.2. The maximum absolute atomic E-state index is 2.44. The van der Waals surface area contributed by atoms with Crippen LogP contribution in [-0.4, -0.2) is 48.6 Å². The predicted molar refractivity (Wildman–Crippen MR) is 95.5 cm³/mol. The van der Waals surface area contributed by atoms with Crippen molar-refractivity contribution in [2.24, 2.45) is 0 Å². The van der Waals surface area contributed by atoms with E-state index in [-0.39, 0.29) is 0 Å². The van der Waals surface area contributed by atoms with Crippen LogP contribution in [0.2, 0.25) is 0 Å². The lowest BCUT2D eigenvalue weighted by molar-refractivity contribution is -0.894. The Hall–Kier alpha value is 0.390. The number of piperidine rings is 1. The van der Waals surface area contributed by atoms with E-state index in [9.17, 15) is 0 Å². The molecule has 3 aliphatic rings. The van der Waals surface area contributed by atoms with Gasteiger partial charge < -0.3 is 4.48 Å². The molecule has 0 N–H and O–H groups in total. The van der Waals surface area contributed by atoms with Gasteiger partial charge in [-0.15, -0.1) is 0 Å². The number of likely N-dealkylation sites (tertiary alicyclic amines) is 1. The van der Waals surface area contributed by atoms with Crippen molar-refractivity contribution < 1.29 is 4.48 Å². The van der Waals surface area contributed by atoms with Crippen LogP contribution in [0.15, 0.2) is 0 Å². The van der Waals surface area contributed by atoms with Gasteiger partial charge in [0.25, 0.3) is 0 Å². The summed E-state index contributed by atoms with van der Waals surface area (Å²) in [6, 6.07) is 0. The van der Waals surface area contributed by atoms with E-state index in [0.717, 1.165) is 17.0 Å². The summed E-state index contributed by atoms with van der Waals surface area (Å²) in [4.78, 5) is 0. The van der Waals surface area contributed by atoms with Crippen LogP contribution >= 0.6 is 7.92 Å². The fourth-order valence-electron chi connectivity index (χ4n) is 5.20. The Bertz CT molecular complexity index is 288. The summed E-state index contributed by atoms with van der Waals surface area (Å²) in [6.07, 6.45) is 18.7. The van der Waals surface area contributed by atoms with Crippen molar-refractivity contribution in [1.82, 2.24) is 0 Å². The van der Waals surface area contributed by atoms with E-state index in [0.29, 0.717) is 7.92 Å². The molecular formula is C19H37NP+. The van der Waals surface area contributed by atoms with Crippen LogP contribution in [0.5, 0.6) is 0 Å². The molecular weight excluding hydrogens is 273 g/mol. The molecule has 21 heavy (non-hydrogen) atoms. The molecule has 0 spiro atoms. The Labute approximate surface area is 134 Å². The minimum absolute atomic E-state index is 0.333. The van der Waals surface area contributed by atoms with Gasteiger partial charge in [-0.25, -0.2) is 0 Å². The minimum atomic E-state index is 0.333. The van der Waals surface area contributed by atoms with Crippen molar-refractivity contribution in [3.05, 3.63) is 0 Å². The molecule has 1 aliphatic heterocycles. The van der Waals surface area contributed by atoms with Gasteiger partial charge in [-0.1, -0.05) is 46.4 Å². The Kier molecular flexibility index (Phi) is 5.66. The zero-order chi connectivity index (χ0) is 14.7. The van der Waals surface area contributed by atoms with Crippen molar-refractivity contribution in [2.75, 3.05) is 27.2 Å². The number of hydrogen-bond acceptors (Lipinski definition) is 0. The Morgan fingerprint density at radius 3 is 1.38 bits per heavy atom. The molecule has 1 heterocycles. The second kappa shape index (κ2) is 7.31. The topological polar surface area (TPSA) is 0 Å². The zero-order valence-electron chi connectivity index (χ0n) is 14.5. The lowest BCUT2D eigenvalue weighted by atomic mass is 9.99. The second-order valence-corrected chi connectivity index (χ2v) is 11.7. The molecule has 3 rings (SSSR count). The highest BCUT2D eigenvalue weighted by atomic mass is 31.1. The average molecular weight is 310 g/mol. The molecule has 2 aliphatic carbocycles. The summed E-state index contributed by atoms with van der Waals surface area (Å²) >= 11 is 0. The van der Waals surface area contributed by atoms with Crippen LogP contribution in [0, 0.1) is 0 Å². The van der Waals surface area contributed by atoms with Crippen LogP contribution in [0.25, 0.3) is 0 Å². The third-order valence-electron chi connectivity index (χ3n) is 6.55. The van der Waals surface area contributed by atoms with Crippen molar-refractivity contribution in [2.45, 2.75) is 94.0 Å². The van der Waals surface area contributed by atoms with Gasteiger partial charge in [0, 0.05) is 12.8 Å². The van der Waals surface area contributed by atoms with Crippen molar-refractivity contribution >= 4 is 7.92 Å². The van der Waals surface area contributed by atoms with E-state index in [1.54, 1.807) is 64.2 Å². The van der Waals surface area contributed by atoms with Gasteiger partial charge in [-0.05, 0) is 42.7 Å². The first-order valence-corrected chi connectivity index (χ1v) is 11.3. The summed E-state index contributed by atoms with van der Waals surface area (Å²) in [6.45, 7) is 2.89. The number of rotatable bonds is 3. The van der Waals surface area contributed by atoms with Crippen LogP contribution in [0.1, 0.15) is 77.0 Å². The molecule has 0 bridgehead atoms. The van der Waals surface area contributed by atoms with Crippen LogP contribution in [0.3, 0.4) is 0 Å². The molecule has 0 amide bonds.